The number of benzene rings is 6. The topological polar surface area (TPSA) is 34.0 Å². The smallest absolute Gasteiger partial charge is 0.235 e. The van der Waals surface area contributed by atoms with E-state index in [1.807, 2.05) is 12.1 Å². The van der Waals surface area contributed by atoms with Crippen LogP contribution < -0.4 is 4.90 Å². The molecule has 4 nitrogen and oxygen atoms in total. The Labute approximate surface area is 274 Å². The Morgan fingerprint density at radius 3 is 1.77 bits per heavy atom. The van der Waals surface area contributed by atoms with Crippen molar-refractivity contribution in [1.29, 1.82) is 0 Å². The fourth-order valence-electron chi connectivity index (χ4n) is 7.33. The average molecular weight is 605 g/mol. The van der Waals surface area contributed by atoms with Crippen LogP contribution in [0.25, 0.3) is 50.3 Å². The van der Waals surface area contributed by atoms with Crippen LogP contribution in [-0.4, -0.2) is 14.5 Å². The van der Waals surface area contributed by atoms with Crippen LogP contribution in [0, 0.1) is 0 Å². The molecule has 2 aromatic heterocycles. The Bertz CT molecular complexity index is 2370. The number of nitrogens with zero attached hydrogens (tertiary/aromatic N) is 4. The van der Waals surface area contributed by atoms with E-state index < -0.39 is 0 Å². The molecule has 0 amide bonds. The van der Waals surface area contributed by atoms with Gasteiger partial charge < -0.3 is 4.90 Å². The predicted molar refractivity (Wildman–Crippen MR) is 194 cm³/mol. The second kappa shape index (κ2) is 10.5. The standard InChI is InChI=1S/C43H32N4/c1-43(2)34-23-13-15-25-39(34)46(31-20-10-5-11-21-31)41-35(43)27-26-33-32-22-12-14-24-38(32)47(40(33)41)42-44-36(29-16-6-3-7-17-29)28-37(45-42)30-18-8-4-9-19-30/h3-28H,1-2H3. The zero-order valence-electron chi connectivity index (χ0n) is 26.3. The van der Waals surface area contributed by atoms with Crippen molar-refractivity contribution in [2.24, 2.45) is 0 Å². The molecule has 4 heteroatoms. The number of anilines is 3. The maximum Gasteiger partial charge on any atom is 0.235 e. The number of hydrogen-bond donors (Lipinski definition) is 0. The van der Waals surface area contributed by atoms with Gasteiger partial charge >= 0.3 is 0 Å². The third kappa shape index (κ3) is 4.22. The molecule has 1 aliphatic heterocycles. The van der Waals surface area contributed by atoms with Gasteiger partial charge in [0.2, 0.25) is 5.95 Å². The number of para-hydroxylation sites is 3. The lowest BCUT2D eigenvalue weighted by atomic mass is 9.73. The van der Waals surface area contributed by atoms with Gasteiger partial charge in [-0.1, -0.05) is 141 Å². The summed E-state index contributed by atoms with van der Waals surface area (Å²) in [6.45, 7) is 4.68. The summed E-state index contributed by atoms with van der Waals surface area (Å²) < 4.78 is 2.29. The maximum absolute atomic E-state index is 5.33. The molecule has 0 N–H and O–H groups in total. The minimum absolute atomic E-state index is 0.241. The van der Waals surface area contributed by atoms with E-state index in [-0.39, 0.29) is 5.41 Å². The van der Waals surface area contributed by atoms with E-state index in [1.165, 1.54) is 27.6 Å². The molecule has 0 fully saturated rings. The molecule has 0 saturated heterocycles. The van der Waals surface area contributed by atoms with E-state index in [0.717, 1.165) is 44.9 Å². The fourth-order valence-corrected chi connectivity index (χ4v) is 7.33. The molecule has 0 unspecified atom stereocenters. The summed E-state index contributed by atoms with van der Waals surface area (Å²) in [6, 6.07) is 55.7. The van der Waals surface area contributed by atoms with Gasteiger partial charge in [-0.05, 0) is 41.5 Å². The highest BCUT2D eigenvalue weighted by molar-refractivity contribution is 6.15. The predicted octanol–water partition coefficient (Wildman–Crippen LogP) is 11.0. The number of aromatic nitrogens is 3. The van der Waals surface area contributed by atoms with Crippen molar-refractivity contribution >= 4 is 38.9 Å². The second-order valence-electron chi connectivity index (χ2n) is 12.7. The summed E-state index contributed by atoms with van der Waals surface area (Å²) in [5, 5.41) is 2.34. The number of hydrogen-bond acceptors (Lipinski definition) is 3. The molecule has 0 aliphatic carbocycles. The van der Waals surface area contributed by atoms with Crippen molar-refractivity contribution in [3.63, 3.8) is 0 Å². The highest BCUT2D eigenvalue weighted by atomic mass is 15.2. The van der Waals surface area contributed by atoms with Gasteiger partial charge in [0.1, 0.15) is 0 Å². The van der Waals surface area contributed by atoms with Gasteiger partial charge in [0.15, 0.2) is 0 Å². The van der Waals surface area contributed by atoms with Gasteiger partial charge in [-0.2, -0.15) is 0 Å². The van der Waals surface area contributed by atoms with Gasteiger partial charge in [-0.3, -0.25) is 4.57 Å². The van der Waals surface area contributed by atoms with Gasteiger partial charge in [0, 0.05) is 33.0 Å². The molecule has 1 aliphatic rings. The SMILES string of the molecule is CC1(C)c2ccccc2N(c2ccccc2)c2c1ccc1c3ccccc3n(-c3nc(-c4ccccc4)cc(-c4ccccc4)n3)c21. The fraction of sp³-hybridized carbons (Fsp3) is 0.0698. The van der Waals surface area contributed by atoms with Crippen molar-refractivity contribution in [2.75, 3.05) is 4.90 Å². The summed E-state index contributed by atoms with van der Waals surface area (Å²) in [5.41, 5.74) is 11.8. The Balaban J connectivity index is 1.44. The van der Waals surface area contributed by atoms with E-state index in [2.05, 4.69) is 169 Å². The second-order valence-corrected chi connectivity index (χ2v) is 12.7. The van der Waals surface area contributed by atoms with Gasteiger partial charge in [-0.15, -0.1) is 0 Å². The van der Waals surface area contributed by atoms with E-state index >= 15 is 0 Å². The first-order valence-electron chi connectivity index (χ1n) is 16.1. The van der Waals surface area contributed by atoms with Crippen molar-refractivity contribution in [3.8, 4) is 28.5 Å². The Kier molecular flexibility index (Phi) is 6.12. The van der Waals surface area contributed by atoms with Gasteiger partial charge in [0.25, 0.3) is 0 Å². The monoisotopic (exact) mass is 604 g/mol. The Morgan fingerprint density at radius 1 is 0.511 bits per heavy atom. The molecule has 0 saturated carbocycles. The summed E-state index contributed by atoms with van der Waals surface area (Å²) >= 11 is 0. The van der Waals surface area contributed by atoms with Crippen LogP contribution in [0.5, 0.6) is 0 Å². The zero-order valence-corrected chi connectivity index (χ0v) is 26.3. The molecule has 0 spiro atoms. The normalized spacial score (nSPS) is 13.4. The average Bonchev–Trinajstić information content (AvgIpc) is 3.48. The number of fused-ring (bicyclic) bond motifs is 6. The molecule has 0 bridgehead atoms. The highest BCUT2D eigenvalue weighted by Gasteiger charge is 2.39. The minimum Gasteiger partial charge on any atom is -0.308 e. The van der Waals surface area contributed by atoms with Crippen molar-refractivity contribution < 1.29 is 0 Å². The van der Waals surface area contributed by atoms with E-state index in [4.69, 9.17) is 9.97 Å². The molecule has 3 heterocycles. The highest BCUT2D eigenvalue weighted by Crippen LogP contribution is 2.55. The van der Waals surface area contributed by atoms with Crippen molar-refractivity contribution in [3.05, 3.63) is 169 Å². The quantitative estimate of drug-likeness (QED) is 0.200. The van der Waals surface area contributed by atoms with E-state index in [1.54, 1.807) is 0 Å². The summed E-state index contributed by atoms with van der Waals surface area (Å²) in [4.78, 5) is 13.1. The maximum atomic E-state index is 5.33. The first-order valence-corrected chi connectivity index (χ1v) is 16.1. The lowest BCUT2D eigenvalue weighted by Gasteiger charge is -2.42. The van der Waals surface area contributed by atoms with Crippen molar-refractivity contribution in [1.82, 2.24) is 14.5 Å². The summed E-state index contributed by atoms with van der Waals surface area (Å²) in [7, 11) is 0. The first kappa shape index (κ1) is 27.3. The summed E-state index contributed by atoms with van der Waals surface area (Å²) in [5.74, 6) is 0.648. The van der Waals surface area contributed by atoms with Crippen LogP contribution >= 0.6 is 0 Å². The third-order valence-electron chi connectivity index (χ3n) is 9.59. The van der Waals surface area contributed by atoms with Crippen LogP contribution in [0.4, 0.5) is 17.1 Å². The lowest BCUT2D eigenvalue weighted by Crippen LogP contribution is -2.31. The molecule has 0 radical (unpaired) electrons. The van der Waals surface area contributed by atoms with Gasteiger partial charge in [0.05, 0.1) is 33.8 Å². The molecular weight excluding hydrogens is 573 g/mol. The van der Waals surface area contributed by atoms with Crippen LogP contribution in [0.1, 0.15) is 25.0 Å². The Hall–Kier alpha value is -6.00. The zero-order chi connectivity index (χ0) is 31.5. The molecule has 47 heavy (non-hydrogen) atoms. The van der Waals surface area contributed by atoms with Crippen LogP contribution in [0.3, 0.4) is 0 Å². The number of rotatable bonds is 4. The van der Waals surface area contributed by atoms with Crippen LogP contribution in [0.2, 0.25) is 0 Å². The van der Waals surface area contributed by atoms with Crippen LogP contribution in [0.15, 0.2) is 158 Å². The lowest BCUT2D eigenvalue weighted by molar-refractivity contribution is 0.632. The Morgan fingerprint density at radius 2 is 1.09 bits per heavy atom. The van der Waals surface area contributed by atoms with Crippen LogP contribution in [-0.2, 0) is 5.41 Å². The van der Waals surface area contributed by atoms with Gasteiger partial charge in [-0.25, -0.2) is 9.97 Å². The van der Waals surface area contributed by atoms with Crippen molar-refractivity contribution in [2.45, 2.75) is 19.3 Å². The molecule has 8 aromatic rings. The molecule has 6 aromatic carbocycles. The minimum atomic E-state index is -0.241. The molecule has 9 rings (SSSR count). The third-order valence-corrected chi connectivity index (χ3v) is 9.59. The molecule has 224 valence electrons. The van der Waals surface area contributed by atoms with E-state index in [9.17, 15) is 0 Å². The molecule has 0 atom stereocenters. The first-order chi connectivity index (χ1) is 23.1. The largest absolute Gasteiger partial charge is 0.308 e. The van der Waals surface area contributed by atoms with E-state index in [0.29, 0.717) is 5.95 Å². The summed E-state index contributed by atoms with van der Waals surface area (Å²) in [6.07, 6.45) is 0. The molecular formula is C43H32N4.